The SMILES string of the molecule is CCCNC(=O)C(C)NC(=O)C1CCCC(C)N1. The first-order valence-electron chi connectivity index (χ1n) is 6.88. The van der Waals surface area contributed by atoms with Crippen LogP contribution < -0.4 is 16.0 Å². The van der Waals surface area contributed by atoms with Crippen molar-refractivity contribution < 1.29 is 9.59 Å². The molecule has 1 rings (SSSR count). The van der Waals surface area contributed by atoms with E-state index in [0.717, 1.165) is 25.7 Å². The molecule has 0 aromatic rings. The third kappa shape index (κ3) is 4.64. The number of carbonyl (C=O) groups is 2. The Labute approximate surface area is 109 Å². The molecule has 3 N–H and O–H groups in total. The Hall–Kier alpha value is -1.10. The maximum absolute atomic E-state index is 12.0. The van der Waals surface area contributed by atoms with E-state index in [1.807, 2.05) is 6.92 Å². The maximum atomic E-state index is 12.0. The largest absolute Gasteiger partial charge is 0.354 e. The van der Waals surface area contributed by atoms with Crippen molar-refractivity contribution in [2.75, 3.05) is 6.54 Å². The summed E-state index contributed by atoms with van der Waals surface area (Å²) < 4.78 is 0. The van der Waals surface area contributed by atoms with Crippen molar-refractivity contribution in [3.05, 3.63) is 0 Å². The molecule has 1 saturated heterocycles. The van der Waals surface area contributed by atoms with Crippen LogP contribution in [0.3, 0.4) is 0 Å². The molecule has 0 aliphatic carbocycles. The molecular formula is C13H25N3O2. The van der Waals surface area contributed by atoms with Crippen LogP contribution >= 0.6 is 0 Å². The number of piperidine rings is 1. The van der Waals surface area contributed by atoms with E-state index in [9.17, 15) is 9.59 Å². The molecule has 0 bridgehead atoms. The minimum Gasteiger partial charge on any atom is -0.354 e. The minimum atomic E-state index is -0.469. The normalized spacial score (nSPS) is 25.3. The van der Waals surface area contributed by atoms with Crippen LogP contribution in [-0.4, -0.2) is 36.5 Å². The van der Waals surface area contributed by atoms with Crippen molar-refractivity contribution in [3.8, 4) is 0 Å². The van der Waals surface area contributed by atoms with Gasteiger partial charge in [0.25, 0.3) is 0 Å². The summed E-state index contributed by atoms with van der Waals surface area (Å²) in [6, 6.07) is -0.253. The zero-order chi connectivity index (χ0) is 13.5. The second-order valence-corrected chi connectivity index (χ2v) is 5.07. The fourth-order valence-corrected chi connectivity index (χ4v) is 2.13. The molecule has 3 atom stereocenters. The third-order valence-electron chi connectivity index (χ3n) is 3.23. The standard InChI is InChI=1S/C13H25N3O2/c1-4-8-14-12(17)10(3)16-13(18)11-7-5-6-9(2)15-11/h9-11,15H,4-8H2,1-3H3,(H,14,17)(H,16,18). The molecule has 1 heterocycles. The molecule has 0 aromatic carbocycles. The fraction of sp³-hybridized carbons (Fsp3) is 0.846. The van der Waals surface area contributed by atoms with Gasteiger partial charge in [0, 0.05) is 12.6 Å². The van der Waals surface area contributed by atoms with Crippen LogP contribution in [-0.2, 0) is 9.59 Å². The van der Waals surface area contributed by atoms with Gasteiger partial charge in [-0.2, -0.15) is 0 Å². The molecule has 3 unspecified atom stereocenters. The maximum Gasteiger partial charge on any atom is 0.242 e. The summed E-state index contributed by atoms with van der Waals surface area (Å²) >= 11 is 0. The Morgan fingerprint density at radius 2 is 2.11 bits per heavy atom. The first kappa shape index (κ1) is 15.0. The van der Waals surface area contributed by atoms with Crippen LogP contribution in [0.4, 0.5) is 0 Å². The number of hydrogen-bond donors (Lipinski definition) is 3. The second kappa shape index (κ2) is 7.36. The van der Waals surface area contributed by atoms with Crippen LogP contribution in [0.2, 0.25) is 0 Å². The lowest BCUT2D eigenvalue weighted by atomic mass is 9.99. The third-order valence-corrected chi connectivity index (χ3v) is 3.23. The number of rotatable bonds is 5. The monoisotopic (exact) mass is 255 g/mol. The molecule has 18 heavy (non-hydrogen) atoms. The number of carbonyl (C=O) groups excluding carboxylic acids is 2. The average molecular weight is 255 g/mol. The van der Waals surface area contributed by atoms with Crippen LogP contribution in [0.15, 0.2) is 0 Å². The topological polar surface area (TPSA) is 70.2 Å². The predicted octanol–water partition coefficient (Wildman–Crippen LogP) is 0.548. The summed E-state index contributed by atoms with van der Waals surface area (Å²) in [6.45, 7) is 6.45. The highest BCUT2D eigenvalue weighted by atomic mass is 16.2. The van der Waals surface area contributed by atoms with Crippen LogP contribution in [0.25, 0.3) is 0 Å². The number of amides is 2. The summed E-state index contributed by atoms with van der Waals surface area (Å²) in [4.78, 5) is 23.6. The summed E-state index contributed by atoms with van der Waals surface area (Å²) in [7, 11) is 0. The molecule has 1 fully saturated rings. The van der Waals surface area contributed by atoms with E-state index in [0.29, 0.717) is 12.6 Å². The highest BCUT2D eigenvalue weighted by Gasteiger charge is 2.26. The molecule has 0 aromatic heterocycles. The summed E-state index contributed by atoms with van der Waals surface area (Å²) in [5.74, 6) is -0.185. The number of nitrogens with one attached hydrogen (secondary N) is 3. The lowest BCUT2D eigenvalue weighted by Gasteiger charge is -2.28. The van der Waals surface area contributed by atoms with Gasteiger partial charge in [-0.3, -0.25) is 9.59 Å². The van der Waals surface area contributed by atoms with Crippen molar-refractivity contribution in [2.45, 2.75) is 64.6 Å². The highest BCUT2D eigenvalue weighted by molar-refractivity contribution is 5.89. The van der Waals surface area contributed by atoms with E-state index in [4.69, 9.17) is 0 Å². The lowest BCUT2D eigenvalue weighted by molar-refractivity contribution is -0.130. The molecule has 0 spiro atoms. The van der Waals surface area contributed by atoms with Gasteiger partial charge >= 0.3 is 0 Å². The molecule has 5 heteroatoms. The van der Waals surface area contributed by atoms with Gasteiger partial charge < -0.3 is 16.0 Å². The van der Waals surface area contributed by atoms with E-state index in [1.165, 1.54) is 0 Å². The van der Waals surface area contributed by atoms with Gasteiger partial charge in [-0.25, -0.2) is 0 Å². The van der Waals surface area contributed by atoms with Crippen molar-refractivity contribution in [1.82, 2.24) is 16.0 Å². The van der Waals surface area contributed by atoms with Gasteiger partial charge in [0.2, 0.25) is 11.8 Å². The van der Waals surface area contributed by atoms with Gasteiger partial charge in [0.05, 0.1) is 6.04 Å². The van der Waals surface area contributed by atoms with Gasteiger partial charge in [-0.1, -0.05) is 6.92 Å². The first-order chi connectivity index (χ1) is 8.54. The van der Waals surface area contributed by atoms with Crippen molar-refractivity contribution >= 4 is 11.8 Å². The van der Waals surface area contributed by atoms with Crippen molar-refractivity contribution in [2.24, 2.45) is 0 Å². The second-order valence-electron chi connectivity index (χ2n) is 5.07. The molecule has 1 aliphatic rings. The molecule has 2 amide bonds. The van der Waals surface area contributed by atoms with Crippen LogP contribution in [0.1, 0.15) is 46.5 Å². The Morgan fingerprint density at radius 3 is 2.72 bits per heavy atom. The van der Waals surface area contributed by atoms with Gasteiger partial charge in [0.1, 0.15) is 6.04 Å². The van der Waals surface area contributed by atoms with E-state index < -0.39 is 6.04 Å². The Balaban J connectivity index is 2.36. The molecule has 104 valence electrons. The zero-order valence-electron chi connectivity index (χ0n) is 11.6. The van der Waals surface area contributed by atoms with E-state index in [2.05, 4.69) is 22.9 Å². The Kier molecular flexibility index (Phi) is 6.12. The zero-order valence-corrected chi connectivity index (χ0v) is 11.6. The van der Waals surface area contributed by atoms with E-state index >= 15 is 0 Å². The van der Waals surface area contributed by atoms with Gasteiger partial charge in [-0.15, -0.1) is 0 Å². The highest BCUT2D eigenvalue weighted by Crippen LogP contribution is 2.12. The average Bonchev–Trinajstić information content (AvgIpc) is 2.35. The lowest BCUT2D eigenvalue weighted by Crippen LogP contribution is -2.54. The summed E-state index contributed by atoms with van der Waals surface area (Å²) in [6.07, 6.45) is 3.91. The molecule has 0 radical (unpaired) electrons. The molecular weight excluding hydrogens is 230 g/mol. The van der Waals surface area contributed by atoms with Crippen LogP contribution in [0.5, 0.6) is 0 Å². The van der Waals surface area contributed by atoms with E-state index in [1.54, 1.807) is 6.92 Å². The Bertz CT molecular complexity index is 294. The predicted molar refractivity (Wildman–Crippen MR) is 71.1 cm³/mol. The first-order valence-corrected chi connectivity index (χ1v) is 6.88. The minimum absolute atomic E-state index is 0.0688. The van der Waals surface area contributed by atoms with Crippen molar-refractivity contribution in [1.29, 1.82) is 0 Å². The van der Waals surface area contributed by atoms with Gasteiger partial charge in [0.15, 0.2) is 0 Å². The summed E-state index contributed by atoms with van der Waals surface area (Å²) in [5.41, 5.74) is 0. The van der Waals surface area contributed by atoms with Crippen LogP contribution in [0, 0.1) is 0 Å². The molecule has 1 aliphatic heterocycles. The molecule has 0 saturated carbocycles. The fourth-order valence-electron chi connectivity index (χ4n) is 2.13. The van der Waals surface area contributed by atoms with Crippen molar-refractivity contribution in [3.63, 3.8) is 0 Å². The van der Waals surface area contributed by atoms with Gasteiger partial charge in [-0.05, 0) is 39.5 Å². The van der Waals surface area contributed by atoms with E-state index in [-0.39, 0.29) is 17.9 Å². The quantitative estimate of drug-likeness (QED) is 0.672. The smallest absolute Gasteiger partial charge is 0.242 e. The summed E-state index contributed by atoms with van der Waals surface area (Å²) in [5, 5.41) is 8.80. The number of hydrogen-bond acceptors (Lipinski definition) is 3. The molecule has 5 nitrogen and oxygen atoms in total. The Morgan fingerprint density at radius 1 is 1.39 bits per heavy atom.